The maximum Gasteiger partial charge on any atom is 0.354 e. The van der Waals surface area contributed by atoms with E-state index >= 15 is 0 Å². The molecule has 0 bridgehead atoms. The van der Waals surface area contributed by atoms with Crippen LogP contribution in [0.2, 0.25) is 0 Å². The van der Waals surface area contributed by atoms with Crippen molar-refractivity contribution in [1.82, 2.24) is 15.0 Å². The molecule has 4 rings (SSSR count). The molecule has 156 valence electrons. The van der Waals surface area contributed by atoms with Crippen LogP contribution in [0, 0.1) is 6.92 Å². The minimum absolute atomic E-state index is 0.00498. The summed E-state index contributed by atoms with van der Waals surface area (Å²) < 4.78 is 5.07. The van der Waals surface area contributed by atoms with Gasteiger partial charge in [0.1, 0.15) is 11.4 Å². The number of aromatic amines is 1. The highest BCUT2D eigenvalue weighted by Crippen LogP contribution is 2.28. The molecule has 1 aromatic carbocycles. The maximum atomic E-state index is 12.7. The molecule has 3 heterocycles. The van der Waals surface area contributed by atoms with E-state index in [0.29, 0.717) is 30.8 Å². The zero-order chi connectivity index (χ0) is 21.8. The summed E-state index contributed by atoms with van der Waals surface area (Å²) in [6.45, 7) is 4.08. The average Bonchev–Trinajstić information content (AvgIpc) is 3.22. The summed E-state index contributed by atoms with van der Waals surface area (Å²) in [5, 5.41) is 0.905. The molecule has 6 nitrogen and oxygen atoms in total. The Balaban J connectivity index is 1.59. The Morgan fingerprint density at radius 1 is 1.06 bits per heavy atom. The average molecular weight is 413 g/mol. The zero-order valence-corrected chi connectivity index (χ0v) is 17.5. The van der Waals surface area contributed by atoms with E-state index in [4.69, 9.17) is 4.74 Å². The van der Waals surface area contributed by atoms with Crippen LogP contribution in [-0.4, -0.2) is 33.3 Å². The van der Waals surface area contributed by atoms with Gasteiger partial charge in [-0.15, -0.1) is 0 Å². The number of benzene rings is 1. The molecule has 0 aliphatic rings. The van der Waals surface area contributed by atoms with E-state index in [2.05, 4.69) is 15.0 Å². The van der Waals surface area contributed by atoms with Gasteiger partial charge in [-0.05, 0) is 78.9 Å². The van der Waals surface area contributed by atoms with Crippen LogP contribution in [0.4, 0.5) is 0 Å². The smallest absolute Gasteiger partial charge is 0.354 e. The van der Waals surface area contributed by atoms with Crippen LogP contribution in [0.25, 0.3) is 22.0 Å². The first kappa shape index (κ1) is 20.5. The van der Waals surface area contributed by atoms with E-state index in [0.717, 1.165) is 33.2 Å². The second-order valence-corrected chi connectivity index (χ2v) is 7.37. The molecule has 0 radical (unpaired) electrons. The number of carbonyl (C=O) groups excluding carboxylic acids is 2. The minimum atomic E-state index is -0.373. The molecule has 0 aliphatic carbocycles. The number of fused-ring (bicyclic) bond motifs is 1. The molecule has 0 aliphatic heterocycles. The molecule has 1 N–H and O–H groups in total. The second-order valence-electron chi connectivity index (χ2n) is 7.37. The lowest BCUT2D eigenvalue weighted by Crippen LogP contribution is -2.05. The molecule has 0 saturated heterocycles. The lowest BCUT2D eigenvalue weighted by atomic mass is 9.98. The van der Waals surface area contributed by atoms with Crippen molar-refractivity contribution < 1.29 is 14.3 Å². The number of nitrogens with one attached hydrogen (secondary N) is 1. The molecule has 6 heteroatoms. The number of hydrogen-bond acceptors (Lipinski definition) is 5. The van der Waals surface area contributed by atoms with Crippen LogP contribution >= 0.6 is 0 Å². The number of esters is 1. The second kappa shape index (κ2) is 8.92. The van der Waals surface area contributed by atoms with Crippen LogP contribution in [0.5, 0.6) is 0 Å². The fraction of sp³-hybridized carbons (Fsp3) is 0.200. The third-order valence-electron chi connectivity index (χ3n) is 5.21. The number of aryl methyl sites for hydroxylation is 2. The van der Waals surface area contributed by atoms with Crippen molar-refractivity contribution in [1.29, 1.82) is 0 Å². The summed E-state index contributed by atoms with van der Waals surface area (Å²) in [5.41, 5.74) is 5.70. The predicted molar refractivity (Wildman–Crippen MR) is 119 cm³/mol. The summed E-state index contributed by atoms with van der Waals surface area (Å²) in [4.78, 5) is 36.2. The Bertz CT molecular complexity index is 1250. The Morgan fingerprint density at radius 2 is 1.87 bits per heavy atom. The zero-order valence-electron chi connectivity index (χ0n) is 17.5. The van der Waals surface area contributed by atoms with Gasteiger partial charge in [0.15, 0.2) is 5.78 Å². The number of H-pyrrole nitrogens is 1. The quantitative estimate of drug-likeness (QED) is 0.343. The van der Waals surface area contributed by atoms with Gasteiger partial charge in [0.25, 0.3) is 0 Å². The van der Waals surface area contributed by atoms with E-state index in [1.165, 1.54) is 0 Å². The summed E-state index contributed by atoms with van der Waals surface area (Å²) in [5.74, 6) is -0.368. The number of carbonyl (C=O) groups is 2. The van der Waals surface area contributed by atoms with Gasteiger partial charge in [-0.25, -0.2) is 4.79 Å². The number of nitrogens with zero attached hydrogens (tertiary/aromatic N) is 2. The van der Waals surface area contributed by atoms with Crippen molar-refractivity contribution in [2.45, 2.75) is 26.7 Å². The highest BCUT2D eigenvalue weighted by atomic mass is 16.5. The standard InChI is InChI=1S/C25H23N3O3/c1-3-31-25(30)23-13-19-12-18(5-6-21(19)28-23)20-14-22(27-15-16(20)2)24(29)7-4-17-8-10-26-11-9-17/h5-6,8-15,28H,3-4,7H2,1-2H3. The van der Waals surface area contributed by atoms with Gasteiger partial charge in [0, 0.05) is 35.9 Å². The Kier molecular flexibility index (Phi) is 5.89. The van der Waals surface area contributed by atoms with Gasteiger partial charge >= 0.3 is 5.97 Å². The SMILES string of the molecule is CCOC(=O)c1cc2cc(-c3cc(C(=O)CCc4ccncc4)ncc3C)ccc2[nH]1. The summed E-state index contributed by atoms with van der Waals surface area (Å²) in [6.07, 6.45) is 6.23. The summed E-state index contributed by atoms with van der Waals surface area (Å²) in [7, 11) is 0. The molecule has 0 spiro atoms. The van der Waals surface area contributed by atoms with Gasteiger partial charge in [0.05, 0.1) is 6.61 Å². The first-order valence-electron chi connectivity index (χ1n) is 10.2. The number of aromatic nitrogens is 3. The molecule has 4 aromatic rings. The van der Waals surface area contributed by atoms with Crippen LogP contribution in [0.1, 0.15) is 45.4 Å². The van der Waals surface area contributed by atoms with Crippen LogP contribution < -0.4 is 0 Å². The maximum absolute atomic E-state index is 12.7. The van der Waals surface area contributed by atoms with Crippen molar-refractivity contribution >= 4 is 22.7 Å². The molecule has 0 fully saturated rings. The van der Waals surface area contributed by atoms with Gasteiger partial charge in [-0.1, -0.05) is 6.07 Å². The first-order chi connectivity index (χ1) is 15.0. The highest BCUT2D eigenvalue weighted by Gasteiger charge is 2.14. The molecule has 3 aromatic heterocycles. The summed E-state index contributed by atoms with van der Waals surface area (Å²) in [6, 6.07) is 13.4. The normalized spacial score (nSPS) is 10.9. The van der Waals surface area contributed by atoms with Crippen molar-refractivity contribution in [3.05, 3.63) is 83.6 Å². The number of ether oxygens (including phenoxy) is 1. The molecule has 0 unspecified atom stereocenters. The Morgan fingerprint density at radius 3 is 2.65 bits per heavy atom. The predicted octanol–water partition coefficient (Wildman–Crippen LogP) is 4.93. The highest BCUT2D eigenvalue weighted by molar-refractivity contribution is 5.98. The van der Waals surface area contributed by atoms with Gasteiger partial charge in [-0.2, -0.15) is 0 Å². The molecular formula is C25H23N3O3. The number of hydrogen-bond donors (Lipinski definition) is 1. The van der Waals surface area contributed by atoms with Gasteiger partial charge in [0.2, 0.25) is 0 Å². The third-order valence-corrected chi connectivity index (χ3v) is 5.21. The van der Waals surface area contributed by atoms with Crippen LogP contribution in [0.3, 0.4) is 0 Å². The van der Waals surface area contributed by atoms with E-state index in [1.807, 2.05) is 43.3 Å². The Labute approximate surface area is 180 Å². The third kappa shape index (κ3) is 4.53. The van der Waals surface area contributed by atoms with Crippen LogP contribution in [0.15, 0.2) is 61.1 Å². The lowest BCUT2D eigenvalue weighted by molar-refractivity contribution is 0.0520. The number of pyridine rings is 2. The minimum Gasteiger partial charge on any atom is -0.461 e. The largest absolute Gasteiger partial charge is 0.461 e. The van der Waals surface area contributed by atoms with E-state index in [9.17, 15) is 9.59 Å². The van der Waals surface area contributed by atoms with E-state index < -0.39 is 0 Å². The van der Waals surface area contributed by atoms with Gasteiger partial charge in [-0.3, -0.25) is 14.8 Å². The van der Waals surface area contributed by atoms with E-state index in [-0.39, 0.29) is 11.8 Å². The van der Waals surface area contributed by atoms with Crippen molar-refractivity contribution in [3.63, 3.8) is 0 Å². The molecular weight excluding hydrogens is 390 g/mol. The van der Waals surface area contributed by atoms with E-state index in [1.54, 1.807) is 31.6 Å². The monoisotopic (exact) mass is 413 g/mol. The number of ketones is 1. The summed E-state index contributed by atoms with van der Waals surface area (Å²) >= 11 is 0. The molecule has 0 saturated carbocycles. The number of rotatable bonds is 7. The van der Waals surface area contributed by atoms with Crippen molar-refractivity contribution in [2.24, 2.45) is 0 Å². The van der Waals surface area contributed by atoms with Crippen molar-refractivity contribution in [2.75, 3.05) is 6.61 Å². The molecule has 31 heavy (non-hydrogen) atoms. The molecule has 0 amide bonds. The first-order valence-corrected chi connectivity index (χ1v) is 10.2. The fourth-order valence-corrected chi connectivity index (χ4v) is 3.54. The topological polar surface area (TPSA) is 84.9 Å². The Hall–Kier alpha value is -3.80. The van der Waals surface area contributed by atoms with Gasteiger partial charge < -0.3 is 9.72 Å². The fourth-order valence-electron chi connectivity index (χ4n) is 3.54. The van der Waals surface area contributed by atoms with Crippen molar-refractivity contribution in [3.8, 4) is 11.1 Å². The van der Waals surface area contributed by atoms with Crippen LogP contribution in [-0.2, 0) is 11.2 Å². The number of Topliss-reactive ketones (excluding diaryl/α,β-unsaturated/α-hetero) is 1. The molecule has 0 atom stereocenters. The lowest BCUT2D eigenvalue weighted by Gasteiger charge is -2.09.